The van der Waals surface area contributed by atoms with Crippen molar-refractivity contribution in [1.29, 1.82) is 0 Å². The Labute approximate surface area is 804 Å². The fraction of sp³-hybridized carbons (Fsp3) is 0.653. The summed E-state index contributed by atoms with van der Waals surface area (Å²) in [5.74, 6) is 21.1. The molecule has 0 fully saturated rings. The molecule has 7 heterocycles. The molecular weight excluding hydrogens is 1770 g/mol. The third-order valence-corrected chi connectivity index (χ3v) is 19.5. The van der Waals surface area contributed by atoms with Crippen molar-refractivity contribution in [2.24, 2.45) is 21.7 Å². The minimum atomic E-state index is -0.562. The highest BCUT2D eigenvalue weighted by atomic mass is 127. The normalized spacial score (nSPS) is 10.6. The van der Waals surface area contributed by atoms with Crippen LogP contribution in [0.15, 0.2) is 12.1 Å². The van der Waals surface area contributed by atoms with Crippen LogP contribution in [-0.4, -0.2) is 142 Å². The van der Waals surface area contributed by atoms with Crippen molar-refractivity contribution in [1.82, 2.24) is 69.8 Å². The lowest BCUT2D eigenvalue weighted by Crippen LogP contribution is -2.35. The standard InChI is InChI=1S/C12H22N4.2C12H18N4.C11H16N4.C9H15IN4.C9H16N4.C8H18O.C7H16O.C7H16.C6H14O.C5H6ClN3/c3*1-4-6-8-14-11-10(7-5-2)9(3)15-12(13)16-11;1-4-6-7-13-10-9(5-2)8(3)14-11(12)15-10;1-3-4-5-12-8-7(10)6(2)13-9(11)14-8;1-3-4-5-11-8-6-7(2)12-9(10)13-8;1-7(2,3)6-8(4,5)9;1-6(2,3)7(4,5)8;1-5-6-7(2,3)4;1-6(2,3)4-5-7;1-3-2-4(6)9-5(7)8-3/h4-8H2,1-3H3,(H3,13,14,15,16);2*4,6,8H2,1-3H3,(H3,13,14,15,16);2H,4,6-7H2,1,3H3,(H3,12,13,14,15);3-5H2,1-2H3,(H3,11,12,13,14);6H,3-5H2,1-2H3,(H3,10,11,12,13);9H,6H2,1-5H3;8H,1-5H3;5-6H2,1-4H3;7H,4-5H2,1-3H3;2H,1H3,(H2,7,8,9). The number of hydrogen-bond acceptors (Lipinski definition) is 30. The van der Waals surface area contributed by atoms with E-state index in [2.05, 4.69) is 272 Å². The smallest absolute Gasteiger partial charge is 0.222 e. The SMILES string of the molecule is C#Cc1c(C)nc(N)nc1NCCCC.CC#Cc1c(C)nc(N)nc1NCCCC.CC#Cc1c(C)nc(N)nc1NCCCC.CC(C)(C)C(C)(C)O.CC(C)(C)CC(C)(C)O.CC(C)(C)CCO.CCCC(C)(C)C.CCCCNc1cc(C)nc(N)n1.CCCCNc1nc(N)nc(C)c1CCC.CCCCNc1nc(N)nc(C)c1I.Cc1cc(Cl)nc(N)n1. The minimum Gasteiger partial charge on any atom is -0.396 e. The van der Waals surface area contributed by atoms with Crippen molar-refractivity contribution < 1.29 is 15.3 Å². The first-order chi connectivity index (χ1) is 60.4. The molecule has 0 atom stereocenters. The molecule has 7 aromatic heterocycles. The van der Waals surface area contributed by atoms with E-state index in [1.54, 1.807) is 19.9 Å². The first-order valence-electron chi connectivity index (χ1n) is 45.9. The summed E-state index contributed by atoms with van der Waals surface area (Å²) in [5, 5.41) is 47.0. The maximum atomic E-state index is 9.35. The van der Waals surface area contributed by atoms with Gasteiger partial charge in [0.2, 0.25) is 41.6 Å². The van der Waals surface area contributed by atoms with Crippen LogP contribution in [-0.2, 0) is 6.42 Å². The summed E-state index contributed by atoms with van der Waals surface area (Å²) in [4.78, 5) is 56.9. The Hall–Kier alpha value is -9.46. The van der Waals surface area contributed by atoms with Gasteiger partial charge in [0, 0.05) is 74.6 Å². The third kappa shape index (κ3) is 65.2. The molecule has 0 saturated carbocycles. The minimum absolute atomic E-state index is 0.00694. The van der Waals surface area contributed by atoms with Crippen LogP contribution in [0.25, 0.3) is 0 Å². The van der Waals surface area contributed by atoms with Gasteiger partial charge >= 0.3 is 0 Å². The number of aryl methyl sites for hydroxylation is 7. The van der Waals surface area contributed by atoms with Crippen LogP contribution >= 0.6 is 34.2 Å². The Morgan fingerprint density at radius 3 is 0.962 bits per heavy atom. The molecule has 0 amide bonds. The van der Waals surface area contributed by atoms with Crippen LogP contribution in [0.4, 0.5) is 76.5 Å². The number of anilines is 13. The second-order valence-corrected chi connectivity index (χ2v) is 38.4. The second-order valence-electron chi connectivity index (χ2n) is 37.0. The molecule has 0 radical (unpaired) electrons. The third-order valence-electron chi connectivity index (χ3n) is 18.1. The van der Waals surface area contributed by atoms with E-state index in [1.165, 1.54) is 37.7 Å². The van der Waals surface area contributed by atoms with Crippen molar-refractivity contribution in [2.45, 2.75) is 355 Å². The van der Waals surface area contributed by atoms with Crippen molar-refractivity contribution in [3.05, 3.63) is 83.0 Å². The highest BCUT2D eigenvalue weighted by Gasteiger charge is 2.29. The van der Waals surface area contributed by atoms with Crippen LogP contribution < -0.4 is 72.0 Å². The number of hydrogen-bond donors (Lipinski definition) is 16. The zero-order valence-electron chi connectivity index (χ0n) is 86.3. The number of nitrogens with one attached hydrogen (secondary N) is 6. The zero-order valence-corrected chi connectivity index (χ0v) is 89.2. The van der Waals surface area contributed by atoms with E-state index < -0.39 is 11.2 Å². The summed E-state index contributed by atoms with van der Waals surface area (Å²) in [6.45, 7) is 72.8. The van der Waals surface area contributed by atoms with Gasteiger partial charge in [0.05, 0.1) is 54.2 Å². The monoisotopic (exact) mass is 1940 g/mol. The van der Waals surface area contributed by atoms with Crippen molar-refractivity contribution in [2.75, 3.05) is 118 Å². The van der Waals surface area contributed by atoms with Gasteiger partial charge in [-0.1, -0.05) is 219 Å². The lowest BCUT2D eigenvalue weighted by Gasteiger charge is -2.33. The predicted octanol–water partition coefficient (Wildman–Crippen LogP) is 21.0. The molecule has 7 aromatic rings. The van der Waals surface area contributed by atoms with Crippen molar-refractivity contribution in [3.8, 4) is 36.0 Å². The zero-order chi connectivity index (χ0) is 101. The van der Waals surface area contributed by atoms with E-state index in [1.807, 2.05) is 103 Å². The number of aromatic nitrogens is 14. The van der Waals surface area contributed by atoms with Gasteiger partial charge in [-0.05, 0) is 205 Å². The number of terminal acetylenes is 1. The molecule has 0 saturated heterocycles. The summed E-state index contributed by atoms with van der Waals surface area (Å²) >= 11 is 7.75. The average molecular weight is 1940 g/mol. The molecule has 30 nitrogen and oxygen atoms in total. The summed E-state index contributed by atoms with van der Waals surface area (Å²) < 4.78 is 1.05. The lowest BCUT2D eigenvalue weighted by molar-refractivity contribution is -0.0239. The Balaban J connectivity index is -0.000000680. The van der Waals surface area contributed by atoms with E-state index in [9.17, 15) is 10.2 Å². The van der Waals surface area contributed by atoms with E-state index in [4.69, 9.17) is 63.3 Å². The molecule has 734 valence electrons. The average Bonchev–Trinajstić information content (AvgIpc) is 0.881. The molecule has 0 unspecified atom stereocenters. The first kappa shape index (κ1) is 127. The van der Waals surface area contributed by atoms with E-state index in [-0.39, 0.29) is 34.6 Å². The molecule has 0 spiro atoms. The maximum Gasteiger partial charge on any atom is 0.222 e. The largest absolute Gasteiger partial charge is 0.396 e. The first-order valence-corrected chi connectivity index (χ1v) is 47.4. The maximum absolute atomic E-state index is 9.35. The van der Waals surface area contributed by atoms with E-state index >= 15 is 0 Å². The Bertz CT molecular complexity index is 4250. The van der Waals surface area contributed by atoms with Crippen LogP contribution in [0.3, 0.4) is 0 Å². The molecule has 130 heavy (non-hydrogen) atoms. The highest BCUT2D eigenvalue weighted by Crippen LogP contribution is 2.30. The number of aliphatic hydroxyl groups excluding tert-OH is 1. The van der Waals surface area contributed by atoms with Gasteiger partial charge < -0.3 is 87.4 Å². The number of nitrogen functional groups attached to an aromatic ring is 7. The molecule has 0 bridgehead atoms. The van der Waals surface area contributed by atoms with Gasteiger partial charge in [-0.15, -0.1) is 18.3 Å². The Morgan fingerprint density at radius 1 is 0.377 bits per heavy atom. The topological polar surface area (TPSA) is 495 Å². The molecule has 0 aliphatic carbocycles. The fourth-order valence-corrected chi connectivity index (χ4v) is 11.5. The van der Waals surface area contributed by atoms with Gasteiger partial charge in [-0.2, -0.15) is 29.9 Å². The predicted molar refractivity (Wildman–Crippen MR) is 565 cm³/mol. The summed E-state index contributed by atoms with van der Waals surface area (Å²) in [7, 11) is 0. The van der Waals surface area contributed by atoms with Crippen LogP contribution in [0, 0.1) is 110 Å². The van der Waals surface area contributed by atoms with E-state index in [0.29, 0.717) is 51.8 Å². The number of unbranched alkanes of at least 4 members (excludes halogenated alkanes) is 6. The number of nitrogens with zero attached hydrogens (tertiary/aromatic N) is 14. The number of halogens is 2. The van der Waals surface area contributed by atoms with Crippen molar-refractivity contribution >= 4 is 111 Å². The molecule has 23 N–H and O–H groups in total. The van der Waals surface area contributed by atoms with E-state index in [0.717, 1.165) is 206 Å². The lowest BCUT2D eigenvalue weighted by atomic mass is 9.79. The quantitative estimate of drug-likeness (QED) is 0.00896. The van der Waals surface area contributed by atoms with Gasteiger partial charge in [-0.25, -0.2) is 39.9 Å². The molecule has 32 heteroatoms. The highest BCUT2D eigenvalue weighted by molar-refractivity contribution is 14.1. The van der Waals surface area contributed by atoms with Gasteiger partial charge in [0.1, 0.15) is 40.1 Å². The molecule has 0 aromatic carbocycles. The van der Waals surface area contributed by atoms with Crippen molar-refractivity contribution in [3.63, 3.8) is 0 Å². The van der Waals surface area contributed by atoms with Gasteiger partial charge in [-0.3, -0.25) is 0 Å². The van der Waals surface area contributed by atoms with Crippen LogP contribution in [0.5, 0.6) is 0 Å². The Kier molecular flexibility index (Phi) is 66.9. The van der Waals surface area contributed by atoms with Crippen LogP contribution in [0.2, 0.25) is 5.15 Å². The summed E-state index contributed by atoms with van der Waals surface area (Å²) in [6, 6.07) is 3.55. The van der Waals surface area contributed by atoms with Gasteiger partial charge in [0.25, 0.3) is 0 Å². The van der Waals surface area contributed by atoms with Crippen LogP contribution in [0.1, 0.15) is 351 Å². The number of nitrogens with two attached hydrogens (primary N) is 7. The summed E-state index contributed by atoms with van der Waals surface area (Å²) in [6.07, 6.45) is 25.5. The Morgan fingerprint density at radius 2 is 0.685 bits per heavy atom. The number of aliphatic hydroxyl groups is 3. The van der Waals surface area contributed by atoms with Gasteiger partial charge in [0.15, 0.2) is 0 Å². The second kappa shape index (κ2) is 68.5. The molecule has 7 rings (SSSR count). The molecule has 0 aliphatic rings. The molecule has 0 aliphatic heterocycles. The summed E-state index contributed by atoms with van der Waals surface area (Å²) in [5.41, 5.74) is 48.3. The number of rotatable bonds is 29. The molecular formula is C98H175ClIN27O3. The fourth-order valence-electron chi connectivity index (χ4n) is 10.8.